The highest BCUT2D eigenvalue weighted by atomic mass is 16.5. The number of rotatable bonds is 3. The van der Waals surface area contributed by atoms with Crippen LogP contribution in [0.5, 0.6) is 0 Å². The lowest BCUT2D eigenvalue weighted by atomic mass is 9.84. The number of ether oxygens (including phenoxy) is 1. The Bertz CT molecular complexity index is 349. The van der Waals surface area contributed by atoms with Crippen LogP contribution in [0, 0.1) is 5.92 Å². The predicted molar refractivity (Wildman–Crippen MR) is 77.2 cm³/mol. The standard InChI is InChI=1S/C16H29NO2/c1-6-12-9-7-8-10-17(12)11-13-14(18)16(4,5)19-15(13,2)3/h12-13H,6-11H2,1-5H3. The second-order valence-corrected chi connectivity index (χ2v) is 7.19. The average Bonchev–Trinajstić information content (AvgIpc) is 2.48. The van der Waals surface area contributed by atoms with Gasteiger partial charge in [-0.2, -0.15) is 0 Å². The molecule has 3 heteroatoms. The van der Waals surface area contributed by atoms with Gasteiger partial charge < -0.3 is 4.74 Å². The van der Waals surface area contributed by atoms with Crippen molar-refractivity contribution in [2.24, 2.45) is 5.92 Å². The molecule has 0 spiro atoms. The van der Waals surface area contributed by atoms with Gasteiger partial charge in [-0.15, -0.1) is 0 Å². The Hall–Kier alpha value is -0.410. The molecule has 0 aromatic carbocycles. The molecule has 110 valence electrons. The van der Waals surface area contributed by atoms with E-state index in [-0.39, 0.29) is 17.3 Å². The normalized spacial score (nSPS) is 34.7. The molecule has 0 aromatic heterocycles. The molecular formula is C16H29NO2. The van der Waals surface area contributed by atoms with Crippen LogP contribution in [0.3, 0.4) is 0 Å². The van der Waals surface area contributed by atoms with E-state index in [4.69, 9.17) is 4.74 Å². The molecule has 2 saturated heterocycles. The molecule has 0 aromatic rings. The van der Waals surface area contributed by atoms with Gasteiger partial charge in [-0.25, -0.2) is 0 Å². The highest BCUT2D eigenvalue weighted by molar-refractivity contribution is 5.91. The summed E-state index contributed by atoms with van der Waals surface area (Å²) >= 11 is 0. The molecule has 2 atom stereocenters. The summed E-state index contributed by atoms with van der Waals surface area (Å²) in [6, 6.07) is 0.654. The number of hydrogen-bond acceptors (Lipinski definition) is 3. The number of hydrogen-bond donors (Lipinski definition) is 0. The lowest BCUT2D eigenvalue weighted by molar-refractivity contribution is -0.132. The fraction of sp³-hybridized carbons (Fsp3) is 0.938. The third-order valence-electron chi connectivity index (χ3n) is 4.90. The van der Waals surface area contributed by atoms with Crippen LogP contribution >= 0.6 is 0 Å². The van der Waals surface area contributed by atoms with E-state index in [0.29, 0.717) is 6.04 Å². The second kappa shape index (κ2) is 5.17. The molecule has 0 radical (unpaired) electrons. The van der Waals surface area contributed by atoms with Gasteiger partial charge >= 0.3 is 0 Å². The van der Waals surface area contributed by atoms with Crippen LogP contribution in [0.2, 0.25) is 0 Å². The van der Waals surface area contributed by atoms with E-state index in [9.17, 15) is 4.79 Å². The Kier molecular flexibility index (Phi) is 4.08. The van der Waals surface area contributed by atoms with Gasteiger partial charge in [0.15, 0.2) is 5.78 Å². The summed E-state index contributed by atoms with van der Waals surface area (Å²) in [7, 11) is 0. The van der Waals surface area contributed by atoms with E-state index in [0.717, 1.165) is 13.1 Å². The van der Waals surface area contributed by atoms with Gasteiger partial charge in [0, 0.05) is 12.6 Å². The summed E-state index contributed by atoms with van der Waals surface area (Å²) in [5, 5.41) is 0. The second-order valence-electron chi connectivity index (χ2n) is 7.19. The Morgan fingerprint density at radius 1 is 1.26 bits per heavy atom. The number of Topliss-reactive ketones (excluding diaryl/α,β-unsaturated/α-hetero) is 1. The fourth-order valence-corrected chi connectivity index (χ4v) is 3.81. The first-order valence-corrected chi connectivity index (χ1v) is 7.76. The smallest absolute Gasteiger partial charge is 0.171 e. The maximum atomic E-state index is 12.6. The van der Waals surface area contributed by atoms with Crippen LogP contribution in [0.4, 0.5) is 0 Å². The first kappa shape index (κ1) is 15.0. The third-order valence-corrected chi connectivity index (χ3v) is 4.90. The van der Waals surface area contributed by atoms with Crippen molar-refractivity contribution >= 4 is 5.78 Å². The van der Waals surface area contributed by atoms with Crippen molar-refractivity contribution in [2.45, 2.75) is 77.5 Å². The summed E-state index contributed by atoms with van der Waals surface area (Å²) in [6.45, 7) is 12.2. The summed E-state index contributed by atoms with van der Waals surface area (Å²) in [4.78, 5) is 15.1. The van der Waals surface area contributed by atoms with Crippen LogP contribution in [0.15, 0.2) is 0 Å². The van der Waals surface area contributed by atoms with Crippen LogP contribution < -0.4 is 0 Å². The molecule has 2 aliphatic heterocycles. The van der Waals surface area contributed by atoms with E-state index >= 15 is 0 Å². The average molecular weight is 267 g/mol. The van der Waals surface area contributed by atoms with E-state index in [1.807, 2.05) is 13.8 Å². The Morgan fingerprint density at radius 3 is 2.47 bits per heavy atom. The Morgan fingerprint density at radius 2 is 1.95 bits per heavy atom. The third kappa shape index (κ3) is 2.87. The van der Waals surface area contributed by atoms with Crippen molar-refractivity contribution in [3.63, 3.8) is 0 Å². The largest absolute Gasteiger partial charge is 0.361 e. The Balaban J connectivity index is 2.11. The molecule has 0 aliphatic carbocycles. The lowest BCUT2D eigenvalue weighted by Gasteiger charge is -2.38. The van der Waals surface area contributed by atoms with Crippen molar-refractivity contribution in [3.05, 3.63) is 0 Å². The van der Waals surface area contributed by atoms with E-state index in [1.165, 1.54) is 25.7 Å². The number of ketones is 1. The fourth-order valence-electron chi connectivity index (χ4n) is 3.81. The summed E-state index contributed by atoms with van der Waals surface area (Å²) in [6.07, 6.45) is 5.06. The molecule has 3 nitrogen and oxygen atoms in total. The molecule has 2 aliphatic rings. The molecule has 2 rings (SSSR count). The monoisotopic (exact) mass is 267 g/mol. The van der Waals surface area contributed by atoms with Gasteiger partial charge in [-0.05, 0) is 53.5 Å². The summed E-state index contributed by atoms with van der Waals surface area (Å²) in [5.74, 6) is 0.285. The minimum absolute atomic E-state index is 0.00894. The van der Waals surface area contributed by atoms with Crippen molar-refractivity contribution in [1.29, 1.82) is 0 Å². The molecule has 19 heavy (non-hydrogen) atoms. The zero-order valence-corrected chi connectivity index (χ0v) is 13.2. The predicted octanol–water partition coefficient (Wildman–Crippen LogP) is 3.02. The number of carbonyl (C=O) groups excluding carboxylic acids is 1. The zero-order valence-electron chi connectivity index (χ0n) is 13.2. The minimum atomic E-state index is -0.619. The quantitative estimate of drug-likeness (QED) is 0.787. The minimum Gasteiger partial charge on any atom is -0.361 e. The molecule has 2 unspecified atom stereocenters. The van der Waals surface area contributed by atoms with Gasteiger partial charge in [0.05, 0.1) is 11.5 Å². The topological polar surface area (TPSA) is 29.5 Å². The van der Waals surface area contributed by atoms with E-state index < -0.39 is 5.60 Å². The van der Waals surface area contributed by atoms with Gasteiger partial charge in [0.2, 0.25) is 0 Å². The Labute approximate surface area is 117 Å². The van der Waals surface area contributed by atoms with Gasteiger partial charge in [0.1, 0.15) is 5.60 Å². The summed E-state index contributed by atoms with van der Waals surface area (Å²) < 4.78 is 6.00. The van der Waals surface area contributed by atoms with Crippen molar-refractivity contribution in [3.8, 4) is 0 Å². The van der Waals surface area contributed by atoms with Crippen LogP contribution in [-0.4, -0.2) is 41.0 Å². The molecule has 2 heterocycles. The SMILES string of the molecule is CCC1CCCCN1CC1C(=O)C(C)(C)OC1(C)C. The molecule has 0 N–H and O–H groups in total. The van der Waals surface area contributed by atoms with Crippen molar-refractivity contribution in [1.82, 2.24) is 4.90 Å². The van der Waals surface area contributed by atoms with E-state index in [1.54, 1.807) is 0 Å². The van der Waals surface area contributed by atoms with E-state index in [2.05, 4.69) is 25.7 Å². The van der Waals surface area contributed by atoms with Crippen molar-refractivity contribution < 1.29 is 9.53 Å². The first-order valence-electron chi connectivity index (χ1n) is 7.76. The molecule has 0 bridgehead atoms. The number of piperidine rings is 1. The van der Waals surface area contributed by atoms with Gasteiger partial charge in [0.25, 0.3) is 0 Å². The van der Waals surface area contributed by atoms with Crippen molar-refractivity contribution in [2.75, 3.05) is 13.1 Å². The van der Waals surface area contributed by atoms with Crippen LogP contribution in [-0.2, 0) is 9.53 Å². The highest BCUT2D eigenvalue weighted by Crippen LogP contribution is 2.40. The first-order chi connectivity index (χ1) is 8.78. The molecule has 2 fully saturated rings. The number of carbonyl (C=O) groups is 1. The number of nitrogens with zero attached hydrogens (tertiary/aromatic N) is 1. The highest BCUT2D eigenvalue weighted by Gasteiger charge is 2.53. The van der Waals surface area contributed by atoms with Gasteiger partial charge in [-0.1, -0.05) is 13.3 Å². The molecule has 0 amide bonds. The molecule has 0 saturated carbocycles. The van der Waals surface area contributed by atoms with Crippen LogP contribution in [0.1, 0.15) is 60.3 Å². The van der Waals surface area contributed by atoms with Crippen LogP contribution in [0.25, 0.3) is 0 Å². The van der Waals surface area contributed by atoms with Gasteiger partial charge in [-0.3, -0.25) is 9.69 Å². The lowest BCUT2D eigenvalue weighted by Crippen LogP contribution is -2.47. The maximum Gasteiger partial charge on any atom is 0.171 e. The number of likely N-dealkylation sites (tertiary alicyclic amines) is 1. The maximum absolute atomic E-state index is 12.6. The zero-order chi connectivity index (χ0) is 14.3. The summed E-state index contributed by atoms with van der Waals surface area (Å²) in [5.41, 5.74) is -0.956. The molecular weight excluding hydrogens is 238 g/mol.